The molecule has 0 radical (unpaired) electrons. The highest BCUT2D eigenvalue weighted by molar-refractivity contribution is 7.97. The highest BCUT2D eigenvalue weighted by atomic mass is 32.2. The summed E-state index contributed by atoms with van der Waals surface area (Å²) in [5.74, 6) is 1.92. The number of fused-ring (bicyclic) bond motifs is 1. The maximum atomic E-state index is 13.7. The molecule has 308 valence electrons. The summed E-state index contributed by atoms with van der Waals surface area (Å²) in [5, 5.41) is -0.402. The zero-order valence-corrected chi connectivity index (χ0v) is 37.4. The van der Waals surface area contributed by atoms with Crippen molar-refractivity contribution in [2.45, 2.75) is 182 Å². The second-order valence-electron chi connectivity index (χ2n) is 15.6. The van der Waals surface area contributed by atoms with Gasteiger partial charge in [0.2, 0.25) is 0 Å². The van der Waals surface area contributed by atoms with Gasteiger partial charge in [-0.3, -0.25) is 4.79 Å². The van der Waals surface area contributed by atoms with E-state index in [4.69, 9.17) is 0 Å². The minimum atomic E-state index is -3.48. The number of rotatable bonds is 14. The van der Waals surface area contributed by atoms with Crippen LogP contribution in [-0.2, 0) is 15.4 Å². The molecular formula is C46H81F2NO2S2. The molecule has 53 heavy (non-hydrogen) atoms. The van der Waals surface area contributed by atoms with Crippen LogP contribution in [0.25, 0.3) is 12.2 Å². The zero-order valence-electron chi connectivity index (χ0n) is 35.7. The number of carbonyl (C=O) groups excluding carboxylic acids is 1. The van der Waals surface area contributed by atoms with Crippen molar-refractivity contribution in [1.82, 2.24) is 4.90 Å². The summed E-state index contributed by atoms with van der Waals surface area (Å²) in [5.41, 5.74) is 3.05. The Morgan fingerprint density at radius 2 is 1.42 bits per heavy atom. The van der Waals surface area contributed by atoms with E-state index in [9.17, 15) is 13.6 Å². The van der Waals surface area contributed by atoms with E-state index in [-0.39, 0.29) is 18.6 Å². The lowest BCUT2D eigenvalue weighted by atomic mass is 9.81. The Balaban J connectivity index is 0.000000391. The van der Waals surface area contributed by atoms with Crippen molar-refractivity contribution in [3.8, 4) is 0 Å². The topological polar surface area (TPSA) is 29.5 Å². The predicted molar refractivity (Wildman–Crippen MR) is 233 cm³/mol. The molecule has 1 aliphatic heterocycles. The molecule has 4 aliphatic rings. The molecule has 2 saturated carbocycles. The van der Waals surface area contributed by atoms with E-state index in [1.807, 2.05) is 12.5 Å². The third-order valence-corrected chi connectivity index (χ3v) is 11.9. The fourth-order valence-electron chi connectivity index (χ4n) is 7.69. The monoisotopic (exact) mass is 782 g/mol. The van der Waals surface area contributed by atoms with Crippen LogP contribution in [0.3, 0.4) is 0 Å². The fraction of sp³-hybridized carbons (Fsp3) is 0.804. The number of benzene rings is 1. The molecule has 0 N–H and O–H groups in total. The average Bonchev–Trinajstić information content (AvgIpc) is 4.03. The van der Waals surface area contributed by atoms with Crippen molar-refractivity contribution in [2.24, 2.45) is 23.7 Å². The van der Waals surface area contributed by atoms with Gasteiger partial charge in [0.25, 0.3) is 0 Å². The number of alkyl halides is 2. The van der Waals surface area contributed by atoms with Crippen LogP contribution in [0.15, 0.2) is 12.1 Å². The molecule has 0 spiro atoms. The van der Waals surface area contributed by atoms with Crippen LogP contribution >= 0.6 is 23.8 Å². The Morgan fingerprint density at radius 1 is 0.792 bits per heavy atom. The highest BCUT2D eigenvalue weighted by Crippen LogP contribution is 2.36. The Bertz CT molecular complexity index is 1190. The molecule has 1 aromatic carbocycles. The lowest BCUT2D eigenvalue weighted by Gasteiger charge is -2.39. The molecule has 5 rings (SSSR count). The first-order chi connectivity index (χ1) is 25.6. The van der Waals surface area contributed by atoms with E-state index in [0.29, 0.717) is 24.9 Å². The first-order valence-electron chi connectivity index (χ1n) is 21.7. The summed E-state index contributed by atoms with van der Waals surface area (Å²) in [6, 6.07) is 4.71. The number of hydrogen-bond donors (Lipinski definition) is 0. The van der Waals surface area contributed by atoms with E-state index >= 15 is 0 Å². The maximum Gasteiger partial charge on any atom is 0.394 e. The minimum absolute atomic E-state index is 0.0229. The molecule has 3 fully saturated rings. The third-order valence-electron chi connectivity index (χ3n) is 11.1. The largest absolute Gasteiger partial charge is 0.394 e. The number of carbonyl (C=O) groups is 1. The number of amides is 1. The second-order valence-corrected chi connectivity index (χ2v) is 17.4. The summed E-state index contributed by atoms with van der Waals surface area (Å²) in [7, 11) is 0. The summed E-state index contributed by atoms with van der Waals surface area (Å²) in [6.45, 7) is 15.9. The van der Waals surface area contributed by atoms with Crippen molar-refractivity contribution in [3.63, 3.8) is 0 Å². The van der Waals surface area contributed by atoms with Gasteiger partial charge in [-0.25, -0.2) is 0 Å². The van der Waals surface area contributed by atoms with Crippen LogP contribution < -0.4 is 10.4 Å². The van der Waals surface area contributed by atoms with Crippen LogP contribution in [0.4, 0.5) is 8.78 Å². The summed E-state index contributed by atoms with van der Waals surface area (Å²) >= 11 is 1.73. The van der Waals surface area contributed by atoms with E-state index in [0.717, 1.165) is 37.5 Å². The minimum Gasteiger partial charge on any atom is -0.336 e. The van der Waals surface area contributed by atoms with Gasteiger partial charge < -0.3 is 9.08 Å². The molecule has 2 unspecified atom stereocenters. The predicted octanol–water partition coefficient (Wildman–Crippen LogP) is 13.2. The second kappa shape index (κ2) is 30.1. The van der Waals surface area contributed by atoms with Gasteiger partial charge in [-0.2, -0.15) is 20.5 Å². The van der Waals surface area contributed by atoms with E-state index in [1.165, 1.54) is 118 Å². The Labute approximate surface area is 334 Å². The van der Waals surface area contributed by atoms with Crippen LogP contribution in [0, 0.1) is 30.6 Å². The average molecular weight is 782 g/mol. The number of thioether (sulfide) groups is 1. The smallest absolute Gasteiger partial charge is 0.336 e. The quantitative estimate of drug-likeness (QED) is 0.139. The third kappa shape index (κ3) is 20.6. The molecule has 3 nitrogen and oxygen atoms in total. The van der Waals surface area contributed by atoms with Gasteiger partial charge in [-0.15, -0.1) is 0 Å². The van der Waals surface area contributed by atoms with Crippen molar-refractivity contribution >= 4 is 41.9 Å². The summed E-state index contributed by atoms with van der Waals surface area (Å²) in [4.78, 5) is 13.3. The van der Waals surface area contributed by atoms with Crippen molar-refractivity contribution in [2.75, 3.05) is 32.2 Å². The van der Waals surface area contributed by atoms with Crippen molar-refractivity contribution in [3.05, 3.63) is 33.7 Å². The fourth-order valence-corrected chi connectivity index (χ4v) is 8.16. The van der Waals surface area contributed by atoms with Gasteiger partial charge in [0.1, 0.15) is 0 Å². The van der Waals surface area contributed by atoms with E-state index in [2.05, 4.69) is 70.0 Å². The van der Waals surface area contributed by atoms with Gasteiger partial charge in [-0.05, 0) is 110 Å². The van der Waals surface area contributed by atoms with Gasteiger partial charge >= 0.3 is 11.2 Å². The van der Waals surface area contributed by atoms with Gasteiger partial charge in [0.15, 0.2) is 0 Å². The van der Waals surface area contributed by atoms with Crippen molar-refractivity contribution < 1.29 is 17.8 Å². The molecule has 0 aromatic heterocycles. The lowest BCUT2D eigenvalue weighted by molar-refractivity contribution is -0.149. The molecule has 3 aliphatic carbocycles. The normalized spacial score (nSPS) is 19.6. The zero-order chi connectivity index (χ0) is 39.5. The van der Waals surface area contributed by atoms with Crippen LogP contribution in [0.5, 0.6) is 0 Å². The van der Waals surface area contributed by atoms with Crippen LogP contribution in [-0.4, -0.2) is 48.3 Å². The summed E-state index contributed by atoms with van der Waals surface area (Å²) < 4.78 is 32.1. The van der Waals surface area contributed by atoms with Gasteiger partial charge in [0, 0.05) is 13.1 Å². The number of hydrogen-bond acceptors (Lipinski definition) is 4. The molecule has 1 saturated heterocycles. The number of piperidine rings is 1. The van der Waals surface area contributed by atoms with Gasteiger partial charge in [0.05, 0.1) is 18.6 Å². The molecule has 7 heteroatoms. The first-order valence-corrected chi connectivity index (χ1v) is 24.1. The van der Waals surface area contributed by atoms with E-state index < -0.39 is 11.2 Å². The lowest BCUT2D eigenvalue weighted by Crippen LogP contribution is -2.49. The molecule has 1 amide bonds. The standard InChI is InChI=1S/C19H26.C14H25F2NO2S.C6H14.C5H10.C2H6S/c1-15-11-13-17(19-10-6-5-9-18(15)19)14-12-16-7-3-2-4-8-16;1-4-7-12-10-17(9-8-11(12)5-2)13(18)14(15,16)20-19-6-3;1-3-5-6-4-2;1-2-5-3-4-5;1-3-2/h9-11,13,16H,2-8,12,14H2,1H3;11-12H,4-10H2,1-3H3;3-6H2,1-2H3;5H,2-4H2,1H3;1-2H3. The first kappa shape index (κ1) is 50.0. The molecule has 2 atom stereocenters. The number of likely N-dealkylation sites (tertiary alicyclic amines) is 1. The van der Waals surface area contributed by atoms with Crippen LogP contribution in [0.1, 0.15) is 175 Å². The van der Waals surface area contributed by atoms with Crippen molar-refractivity contribution in [1.29, 1.82) is 0 Å². The number of unbranched alkanes of at least 4 members (excludes halogenated alkanes) is 3. The number of aryl methyl sites for hydroxylation is 2. The summed E-state index contributed by atoms with van der Waals surface area (Å²) in [6.07, 6.45) is 35.4. The Kier molecular flexibility index (Phi) is 28.4. The SMILES string of the molecule is CCC1CC1.CCCC1CN(C(=O)C(F)(F)SOCC)CCC1CC.CCCCCC.CSC.Cc1ccc(CCC2CCCCC2)c2c1=CCCC=2. The molecule has 1 heterocycles. The molecule has 1 aromatic rings. The molecular weight excluding hydrogens is 701 g/mol. The maximum absolute atomic E-state index is 13.7. The van der Waals surface area contributed by atoms with E-state index in [1.54, 1.807) is 29.5 Å². The number of halogens is 2. The van der Waals surface area contributed by atoms with Crippen LogP contribution in [0.2, 0.25) is 0 Å². The Hall–Kier alpha value is -1.05. The number of nitrogens with zero attached hydrogens (tertiary/aromatic N) is 1. The Morgan fingerprint density at radius 3 is 1.92 bits per heavy atom. The van der Waals surface area contributed by atoms with Gasteiger partial charge in [-0.1, -0.05) is 149 Å². The highest BCUT2D eigenvalue weighted by Gasteiger charge is 2.46. The molecule has 0 bridgehead atoms.